The van der Waals surface area contributed by atoms with Gasteiger partial charge in [0, 0.05) is 19.0 Å². The Balaban J connectivity index is 1.98. The second-order valence-electron chi connectivity index (χ2n) is 6.27. The molecule has 0 radical (unpaired) electrons. The van der Waals surface area contributed by atoms with Crippen LogP contribution < -0.4 is 9.47 Å². The molecule has 1 saturated heterocycles. The second-order valence-corrected chi connectivity index (χ2v) is 6.27. The molecule has 1 atom stereocenters. The van der Waals surface area contributed by atoms with E-state index in [1.165, 1.54) is 13.3 Å². The highest BCUT2D eigenvalue weighted by molar-refractivity contribution is 5.90. The van der Waals surface area contributed by atoms with Crippen LogP contribution in [0, 0.1) is 0 Å². The zero-order chi connectivity index (χ0) is 18.2. The summed E-state index contributed by atoms with van der Waals surface area (Å²) in [5.41, 5.74) is 0.284. The molecule has 0 saturated carbocycles. The number of aromatic nitrogens is 3. The molecule has 3 rings (SSSR count). The molecule has 1 aliphatic heterocycles. The summed E-state index contributed by atoms with van der Waals surface area (Å²) in [6.45, 7) is 3.85. The number of alkyl halides is 2. The van der Waals surface area contributed by atoms with Gasteiger partial charge in [-0.05, 0) is 13.8 Å². The van der Waals surface area contributed by atoms with E-state index in [1.54, 1.807) is 4.90 Å². The van der Waals surface area contributed by atoms with Gasteiger partial charge in [-0.3, -0.25) is 4.90 Å². The summed E-state index contributed by atoms with van der Waals surface area (Å²) in [5.74, 6) is -3.50. The van der Waals surface area contributed by atoms with Crippen LogP contribution in [0.5, 0.6) is 17.5 Å². The maximum absolute atomic E-state index is 14.6. The third-order valence-electron chi connectivity index (χ3n) is 4.33. The number of ether oxygens (including phenoxy) is 2. The molecule has 0 aliphatic carbocycles. The summed E-state index contributed by atoms with van der Waals surface area (Å²) >= 11 is 0. The third-order valence-corrected chi connectivity index (χ3v) is 4.33. The van der Waals surface area contributed by atoms with Crippen molar-refractivity contribution >= 4 is 10.9 Å². The van der Waals surface area contributed by atoms with Crippen molar-refractivity contribution in [2.45, 2.75) is 38.3 Å². The summed E-state index contributed by atoms with van der Waals surface area (Å²) in [6.07, 6.45) is 1.30. The van der Waals surface area contributed by atoms with E-state index in [9.17, 15) is 13.9 Å². The maximum Gasteiger partial charge on any atom is 0.296 e. The van der Waals surface area contributed by atoms with Gasteiger partial charge in [-0.25, -0.2) is 23.7 Å². The van der Waals surface area contributed by atoms with Crippen molar-refractivity contribution in [3.63, 3.8) is 0 Å². The first-order chi connectivity index (χ1) is 11.8. The van der Waals surface area contributed by atoms with Gasteiger partial charge in [0.25, 0.3) is 11.8 Å². The van der Waals surface area contributed by atoms with Crippen LogP contribution >= 0.6 is 0 Å². The fourth-order valence-electron chi connectivity index (χ4n) is 2.92. The smallest absolute Gasteiger partial charge is 0.296 e. The van der Waals surface area contributed by atoms with E-state index in [-0.39, 0.29) is 40.9 Å². The normalized spacial score (nSPS) is 20.8. The Kier molecular flexibility index (Phi) is 4.59. The molecule has 136 valence electrons. The molecule has 0 spiro atoms. The Morgan fingerprint density at radius 2 is 2.08 bits per heavy atom. The van der Waals surface area contributed by atoms with Crippen LogP contribution in [0.2, 0.25) is 0 Å². The third kappa shape index (κ3) is 3.28. The fraction of sp³-hybridized carbons (Fsp3) is 0.562. The number of fused-ring (bicyclic) bond motifs is 1. The number of nitrogens with zero attached hydrogens (tertiary/aromatic N) is 4. The van der Waals surface area contributed by atoms with Crippen molar-refractivity contribution in [3.8, 4) is 17.5 Å². The van der Waals surface area contributed by atoms with Crippen molar-refractivity contribution in [3.05, 3.63) is 12.5 Å². The van der Waals surface area contributed by atoms with Gasteiger partial charge in [0.1, 0.15) is 11.7 Å². The lowest BCUT2D eigenvalue weighted by Gasteiger charge is -2.40. The lowest BCUT2D eigenvalue weighted by molar-refractivity contribution is -0.144. The SMILES string of the molecule is COc1ncc2ncnc(O)c2c1O[C@@H]1CCN(C(C)C)CC1(F)F. The molecule has 2 aromatic rings. The van der Waals surface area contributed by atoms with Crippen LogP contribution in [0.3, 0.4) is 0 Å². The minimum Gasteiger partial charge on any atom is -0.493 e. The Bertz CT molecular complexity index is 772. The summed E-state index contributed by atoms with van der Waals surface area (Å²) in [4.78, 5) is 13.4. The van der Waals surface area contributed by atoms with E-state index >= 15 is 0 Å². The van der Waals surface area contributed by atoms with Crippen LogP contribution in [-0.4, -0.2) is 63.2 Å². The zero-order valence-electron chi connectivity index (χ0n) is 14.2. The second kappa shape index (κ2) is 6.55. The predicted octanol–water partition coefficient (Wildman–Crippen LogP) is 2.24. The molecule has 1 N–H and O–H groups in total. The Hall–Kier alpha value is -2.29. The number of piperidine rings is 1. The van der Waals surface area contributed by atoms with E-state index in [4.69, 9.17) is 9.47 Å². The first-order valence-corrected chi connectivity index (χ1v) is 7.98. The van der Waals surface area contributed by atoms with Gasteiger partial charge in [-0.1, -0.05) is 0 Å². The fourth-order valence-corrected chi connectivity index (χ4v) is 2.92. The van der Waals surface area contributed by atoms with Gasteiger partial charge in [0.2, 0.25) is 5.88 Å². The molecule has 2 aromatic heterocycles. The molecular weight excluding hydrogens is 334 g/mol. The molecule has 1 aliphatic rings. The molecule has 1 fully saturated rings. The number of aromatic hydroxyl groups is 1. The monoisotopic (exact) mass is 354 g/mol. The number of hydrogen-bond acceptors (Lipinski definition) is 7. The van der Waals surface area contributed by atoms with Crippen molar-refractivity contribution in [1.82, 2.24) is 19.9 Å². The van der Waals surface area contributed by atoms with Crippen LogP contribution in [0.15, 0.2) is 12.5 Å². The quantitative estimate of drug-likeness (QED) is 0.902. The number of pyridine rings is 1. The molecule has 7 nitrogen and oxygen atoms in total. The van der Waals surface area contributed by atoms with Crippen LogP contribution in [-0.2, 0) is 0 Å². The van der Waals surface area contributed by atoms with E-state index in [0.717, 1.165) is 6.33 Å². The number of likely N-dealkylation sites (tertiary alicyclic amines) is 1. The Labute approximate surface area is 143 Å². The Morgan fingerprint density at radius 1 is 1.32 bits per heavy atom. The maximum atomic E-state index is 14.6. The molecule has 0 unspecified atom stereocenters. The highest BCUT2D eigenvalue weighted by Crippen LogP contribution is 2.40. The molecule has 9 heteroatoms. The van der Waals surface area contributed by atoms with Crippen LogP contribution in [0.4, 0.5) is 8.78 Å². The molecule has 25 heavy (non-hydrogen) atoms. The minimum absolute atomic E-state index is 0.000288. The molecule has 0 amide bonds. The Morgan fingerprint density at radius 3 is 2.72 bits per heavy atom. The van der Waals surface area contributed by atoms with E-state index in [1.807, 2.05) is 13.8 Å². The van der Waals surface area contributed by atoms with Crippen molar-refractivity contribution in [2.75, 3.05) is 20.2 Å². The highest BCUT2D eigenvalue weighted by atomic mass is 19.3. The molecule has 3 heterocycles. The van der Waals surface area contributed by atoms with Gasteiger partial charge >= 0.3 is 0 Å². The zero-order valence-corrected chi connectivity index (χ0v) is 14.2. The highest BCUT2D eigenvalue weighted by Gasteiger charge is 2.47. The predicted molar refractivity (Wildman–Crippen MR) is 86.2 cm³/mol. The van der Waals surface area contributed by atoms with E-state index in [2.05, 4.69) is 15.0 Å². The van der Waals surface area contributed by atoms with E-state index in [0.29, 0.717) is 6.54 Å². The van der Waals surface area contributed by atoms with Crippen LogP contribution in [0.1, 0.15) is 20.3 Å². The number of rotatable bonds is 4. The average molecular weight is 354 g/mol. The summed E-state index contributed by atoms with van der Waals surface area (Å²) in [5, 5.41) is 10.1. The minimum atomic E-state index is -3.05. The standard InChI is InChI=1S/C16H20F2N4O3/c1-9(2)22-5-4-11(16(17,18)7-22)25-13-12-10(6-19-15(13)24-3)20-8-21-14(12)23/h6,8-9,11H,4-5,7H2,1-3H3,(H,20,21,23)/t11-/m1/s1. The summed E-state index contributed by atoms with van der Waals surface area (Å²) in [7, 11) is 1.35. The number of hydrogen-bond donors (Lipinski definition) is 1. The molecule has 0 aromatic carbocycles. The van der Waals surface area contributed by atoms with Gasteiger partial charge in [0.05, 0.1) is 25.4 Å². The van der Waals surface area contributed by atoms with Gasteiger partial charge < -0.3 is 14.6 Å². The van der Waals surface area contributed by atoms with Gasteiger partial charge in [0.15, 0.2) is 11.9 Å². The molecule has 0 bridgehead atoms. The van der Waals surface area contributed by atoms with Crippen molar-refractivity contribution in [1.29, 1.82) is 0 Å². The first kappa shape index (κ1) is 17.5. The lowest BCUT2D eigenvalue weighted by atomic mass is 10.0. The largest absolute Gasteiger partial charge is 0.493 e. The lowest BCUT2D eigenvalue weighted by Crippen LogP contribution is -2.55. The number of methoxy groups -OCH3 is 1. The van der Waals surface area contributed by atoms with Crippen LogP contribution in [0.25, 0.3) is 10.9 Å². The summed E-state index contributed by atoms with van der Waals surface area (Å²) < 4.78 is 39.9. The van der Waals surface area contributed by atoms with Gasteiger partial charge in [-0.15, -0.1) is 0 Å². The topological polar surface area (TPSA) is 80.6 Å². The van der Waals surface area contributed by atoms with Crippen molar-refractivity contribution in [2.24, 2.45) is 0 Å². The average Bonchev–Trinajstić information content (AvgIpc) is 2.56. The number of halogens is 2. The summed E-state index contributed by atoms with van der Waals surface area (Å²) in [6, 6.07) is 0.0260. The van der Waals surface area contributed by atoms with E-state index < -0.39 is 18.6 Å². The first-order valence-electron chi connectivity index (χ1n) is 7.98. The van der Waals surface area contributed by atoms with Gasteiger partial charge in [-0.2, -0.15) is 0 Å². The molecular formula is C16H20F2N4O3. The van der Waals surface area contributed by atoms with Crippen molar-refractivity contribution < 1.29 is 23.4 Å².